The molecule has 2 atom stereocenters. The third-order valence-corrected chi connectivity index (χ3v) is 4.66. The van der Waals surface area contributed by atoms with E-state index in [4.69, 9.17) is 9.47 Å². The van der Waals surface area contributed by atoms with Gasteiger partial charge in [-0.3, -0.25) is 9.69 Å². The van der Waals surface area contributed by atoms with Crippen LogP contribution in [0, 0.1) is 11.8 Å². The van der Waals surface area contributed by atoms with Gasteiger partial charge in [0.2, 0.25) is 0 Å². The van der Waals surface area contributed by atoms with Gasteiger partial charge in [0.1, 0.15) is 11.2 Å². The number of ether oxygens (including phenoxy) is 2. The van der Waals surface area contributed by atoms with E-state index >= 15 is 0 Å². The molecule has 6 nitrogen and oxygen atoms in total. The van der Waals surface area contributed by atoms with Gasteiger partial charge in [-0.15, -0.1) is 0 Å². The Balaban J connectivity index is 1.98. The van der Waals surface area contributed by atoms with Crippen molar-refractivity contribution in [1.29, 1.82) is 0 Å². The summed E-state index contributed by atoms with van der Waals surface area (Å²) in [4.78, 5) is 26.8. The van der Waals surface area contributed by atoms with Crippen molar-refractivity contribution in [1.82, 2.24) is 10.2 Å². The molecule has 1 fully saturated rings. The fourth-order valence-electron chi connectivity index (χ4n) is 3.59. The number of rotatable bonds is 6. The van der Waals surface area contributed by atoms with Crippen LogP contribution in [0.3, 0.4) is 0 Å². The number of esters is 1. The Hall–Kier alpha value is -2.08. The SMILES string of the molecule is CC(C)(C)OC(=O)CC1CN(Cc2ccccc2)CC1CNC(=O)OC(C)(C)C. The predicted molar refractivity (Wildman–Crippen MR) is 113 cm³/mol. The van der Waals surface area contributed by atoms with E-state index in [1.54, 1.807) is 0 Å². The quantitative estimate of drug-likeness (QED) is 0.726. The summed E-state index contributed by atoms with van der Waals surface area (Å²) in [6.45, 7) is 14.1. The van der Waals surface area contributed by atoms with Gasteiger partial charge in [-0.1, -0.05) is 30.3 Å². The van der Waals surface area contributed by atoms with Gasteiger partial charge in [-0.05, 0) is 58.9 Å². The number of nitrogens with zero attached hydrogens (tertiary/aromatic N) is 1. The zero-order chi connectivity index (χ0) is 21.7. The molecule has 1 heterocycles. The second kappa shape index (κ2) is 9.61. The predicted octanol–water partition coefficient (Wildman–Crippen LogP) is 3.99. The minimum atomic E-state index is -0.533. The Morgan fingerprint density at radius 3 is 2.14 bits per heavy atom. The average molecular weight is 405 g/mol. The number of amides is 1. The molecule has 1 aliphatic heterocycles. The number of hydrogen-bond acceptors (Lipinski definition) is 5. The average Bonchev–Trinajstić information content (AvgIpc) is 2.91. The topological polar surface area (TPSA) is 67.9 Å². The molecule has 2 rings (SSSR count). The molecule has 1 aromatic rings. The second-order valence-corrected chi connectivity index (χ2v) is 9.87. The fourth-order valence-corrected chi connectivity index (χ4v) is 3.59. The van der Waals surface area contributed by atoms with Crippen molar-refractivity contribution in [2.45, 2.75) is 65.7 Å². The lowest BCUT2D eigenvalue weighted by atomic mass is 9.93. The van der Waals surface area contributed by atoms with E-state index in [-0.39, 0.29) is 17.8 Å². The summed E-state index contributed by atoms with van der Waals surface area (Å²) in [7, 11) is 0. The van der Waals surface area contributed by atoms with E-state index in [9.17, 15) is 9.59 Å². The van der Waals surface area contributed by atoms with Crippen molar-refractivity contribution in [2.24, 2.45) is 11.8 Å². The number of carbonyl (C=O) groups is 2. The zero-order valence-electron chi connectivity index (χ0n) is 18.7. The molecule has 29 heavy (non-hydrogen) atoms. The maximum absolute atomic E-state index is 12.4. The van der Waals surface area contributed by atoms with Crippen LogP contribution in [0.15, 0.2) is 30.3 Å². The lowest BCUT2D eigenvalue weighted by Crippen LogP contribution is -2.37. The van der Waals surface area contributed by atoms with Crippen LogP contribution in [0.4, 0.5) is 4.79 Å². The Morgan fingerprint density at radius 1 is 0.966 bits per heavy atom. The van der Waals surface area contributed by atoms with Gasteiger partial charge in [0.25, 0.3) is 0 Å². The molecule has 6 heteroatoms. The number of hydrogen-bond donors (Lipinski definition) is 1. The van der Waals surface area contributed by atoms with E-state index in [0.717, 1.165) is 19.6 Å². The first kappa shape index (κ1) is 23.2. The number of carbonyl (C=O) groups excluding carboxylic acids is 2. The highest BCUT2D eigenvalue weighted by atomic mass is 16.6. The summed E-state index contributed by atoms with van der Waals surface area (Å²) in [6.07, 6.45) is -0.0708. The minimum absolute atomic E-state index is 0.128. The van der Waals surface area contributed by atoms with Gasteiger partial charge in [-0.2, -0.15) is 0 Å². The molecule has 1 aliphatic rings. The Bertz CT molecular complexity index is 676. The molecule has 0 bridgehead atoms. The molecule has 0 radical (unpaired) electrons. The Kier molecular flexibility index (Phi) is 7.69. The largest absolute Gasteiger partial charge is 0.460 e. The molecule has 1 saturated heterocycles. The summed E-state index contributed by atoms with van der Waals surface area (Å²) < 4.78 is 10.9. The number of benzene rings is 1. The molecule has 1 aromatic carbocycles. The van der Waals surface area contributed by atoms with Crippen LogP contribution >= 0.6 is 0 Å². The standard InChI is InChI=1S/C23H36N2O4/c1-22(2,3)28-20(26)12-18-15-25(14-17-10-8-7-9-11-17)16-19(18)13-24-21(27)29-23(4,5)6/h7-11,18-19H,12-16H2,1-6H3,(H,24,27). The smallest absolute Gasteiger partial charge is 0.407 e. The molecule has 0 spiro atoms. The first-order chi connectivity index (χ1) is 13.4. The lowest BCUT2D eigenvalue weighted by molar-refractivity contribution is -0.156. The monoisotopic (exact) mass is 404 g/mol. The molecule has 1 N–H and O–H groups in total. The van der Waals surface area contributed by atoms with E-state index in [0.29, 0.717) is 13.0 Å². The number of alkyl carbamates (subject to hydrolysis) is 1. The van der Waals surface area contributed by atoms with Crippen LogP contribution in [0.2, 0.25) is 0 Å². The Morgan fingerprint density at radius 2 is 1.55 bits per heavy atom. The summed E-state index contributed by atoms with van der Waals surface area (Å²) in [5.74, 6) is 0.105. The maximum atomic E-state index is 12.4. The van der Waals surface area contributed by atoms with Crippen LogP contribution in [0.25, 0.3) is 0 Å². The van der Waals surface area contributed by atoms with Crippen molar-refractivity contribution in [3.63, 3.8) is 0 Å². The maximum Gasteiger partial charge on any atom is 0.407 e. The van der Waals surface area contributed by atoms with Gasteiger partial charge in [0.05, 0.1) is 0 Å². The number of likely N-dealkylation sites (tertiary alicyclic amines) is 1. The van der Waals surface area contributed by atoms with Gasteiger partial charge >= 0.3 is 12.1 Å². The Labute approximate surface area is 174 Å². The van der Waals surface area contributed by atoms with E-state index in [1.165, 1.54) is 5.56 Å². The van der Waals surface area contributed by atoms with Crippen LogP contribution in [0.1, 0.15) is 53.5 Å². The highest BCUT2D eigenvalue weighted by molar-refractivity contribution is 5.70. The molecule has 0 aromatic heterocycles. The van der Waals surface area contributed by atoms with Crippen LogP contribution in [-0.4, -0.2) is 47.8 Å². The zero-order valence-corrected chi connectivity index (χ0v) is 18.7. The van der Waals surface area contributed by atoms with E-state index in [2.05, 4.69) is 22.3 Å². The molecule has 162 valence electrons. The summed E-state index contributed by atoms with van der Waals surface area (Å²) in [5, 5.41) is 2.88. The van der Waals surface area contributed by atoms with Crippen molar-refractivity contribution < 1.29 is 19.1 Å². The highest BCUT2D eigenvalue weighted by Gasteiger charge is 2.35. The molecule has 2 unspecified atom stereocenters. The van der Waals surface area contributed by atoms with Crippen molar-refractivity contribution in [3.05, 3.63) is 35.9 Å². The summed E-state index contributed by atoms with van der Waals surface area (Å²) in [5.41, 5.74) is 0.211. The first-order valence-electron chi connectivity index (χ1n) is 10.4. The summed E-state index contributed by atoms with van der Waals surface area (Å²) in [6, 6.07) is 10.3. The molecule has 0 aliphatic carbocycles. The highest BCUT2D eigenvalue weighted by Crippen LogP contribution is 2.28. The molecule has 0 saturated carbocycles. The van der Waals surface area contributed by atoms with Crippen molar-refractivity contribution in [3.8, 4) is 0 Å². The van der Waals surface area contributed by atoms with Crippen molar-refractivity contribution >= 4 is 12.1 Å². The van der Waals surface area contributed by atoms with Crippen LogP contribution < -0.4 is 5.32 Å². The van der Waals surface area contributed by atoms with Crippen molar-refractivity contribution in [2.75, 3.05) is 19.6 Å². The first-order valence-corrected chi connectivity index (χ1v) is 10.4. The second-order valence-electron chi connectivity index (χ2n) is 9.87. The fraction of sp³-hybridized carbons (Fsp3) is 0.652. The third-order valence-electron chi connectivity index (χ3n) is 4.66. The number of nitrogens with one attached hydrogen (secondary N) is 1. The lowest BCUT2D eigenvalue weighted by Gasteiger charge is -2.24. The minimum Gasteiger partial charge on any atom is -0.460 e. The molecular weight excluding hydrogens is 368 g/mol. The third kappa shape index (κ3) is 8.86. The van der Waals surface area contributed by atoms with E-state index in [1.807, 2.05) is 59.7 Å². The summed E-state index contributed by atoms with van der Waals surface area (Å²) >= 11 is 0. The van der Waals surface area contributed by atoms with E-state index < -0.39 is 17.3 Å². The van der Waals surface area contributed by atoms with Crippen LogP contribution in [0.5, 0.6) is 0 Å². The van der Waals surface area contributed by atoms with Gasteiger partial charge in [-0.25, -0.2) is 4.79 Å². The van der Waals surface area contributed by atoms with Gasteiger partial charge in [0.15, 0.2) is 0 Å². The van der Waals surface area contributed by atoms with Crippen LogP contribution in [-0.2, 0) is 20.8 Å². The van der Waals surface area contributed by atoms with Gasteiger partial charge < -0.3 is 14.8 Å². The molecular formula is C23H36N2O4. The molecule has 1 amide bonds. The normalized spacial score (nSPS) is 20.3. The van der Waals surface area contributed by atoms with Gasteiger partial charge in [0, 0.05) is 32.6 Å².